The van der Waals surface area contributed by atoms with Gasteiger partial charge in [0.2, 0.25) is 10.0 Å². The van der Waals surface area contributed by atoms with Gasteiger partial charge in [-0.05, 0) is 31.6 Å². The van der Waals surface area contributed by atoms with E-state index in [0.29, 0.717) is 12.8 Å². The molecule has 2 aliphatic rings. The van der Waals surface area contributed by atoms with Gasteiger partial charge in [0.1, 0.15) is 0 Å². The minimum absolute atomic E-state index is 0.0844. The van der Waals surface area contributed by atoms with Crippen LogP contribution in [0.3, 0.4) is 0 Å². The van der Waals surface area contributed by atoms with Crippen LogP contribution in [0.4, 0.5) is 8.78 Å². The van der Waals surface area contributed by atoms with Crippen molar-refractivity contribution in [3.63, 3.8) is 0 Å². The van der Waals surface area contributed by atoms with E-state index in [0.717, 1.165) is 12.8 Å². The van der Waals surface area contributed by atoms with Gasteiger partial charge in [0.25, 0.3) is 5.92 Å². The number of sulfonamides is 1. The van der Waals surface area contributed by atoms with Crippen LogP contribution in [-0.2, 0) is 10.0 Å². The quantitative estimate of drug-likeness (QED) is 0.808. The first kappa shape index (κ1) is 15.1. The summed E-state index contributed by atoms with van der Waals surface area (Å²) in [6.45, 7) is 0.155. The summed E-state index contributed by atoms with van der Waals surface area (Å²) in [6.07, 6.45) is 2.31. The van der Waals surface area contributed by atoms with Gasteiger partial charge in [0, 0.05) is 18.9 Å². The highest BCUT2D eigenvalue weighted by molar-refractivity contribution is 7.89. The van der Waals surface area contributed by atoms with E-state index in [1.54, 1.807) is 0 Å². The molecule has 2 fully saturated rings. The van der Waals surface area contributed by atoms with Gasteiger partial charge in [0.05, 0.1) is 11.9 Å². The zero-order chi connectivity index (χ0) is 14.1. The number of rotatable bonds is 5. The van der Waals surface area contributed by atoms with E-state index in [1.807, 2.05) is 0 Å². The topological polar surface area (TPSA) is 66.4 Å². The van der Waals surface area contributed by atoms with Crippen LogP contribution in [0.25, 0.3) is 0 Å². The molecule has 2 aliphatic carbocycles. The van der Waals surface area contributed by atoms with Gasteiger partial charge in [0.15, 0.2) is 0 Å². The van der Waals surface area contributed by atoms with Crippen molar-refractivity contribution < 1.29 is 22.3 Å². The molecule has 0 aromatic heterocycles. The van der Waals surface area contributed by atoms with Crippen molar-refractivity contribution in [3.8, 4) is 0 Å². The molecular weight excluding hydrogens is 276 g/mol. The normalized spacial score (nSPS) is 34.8. The van der Waals surface area contributed by atoms with Crippen LogP contribution >= 0.6 is 0 Å². The Morgan fingerprint density at radius 3 is 2.47 bits per heavy atom. The van der Waals surface area contributed by atoms with Crippen LogP contribution in [0.1, 0.15) is 38.5 Å². The van der Waals surface area contributed by atoms with Crippen LogP contribution in [0, 0.1) is 11.8 Å². The average molecular weight is 297 g/mol. The van der Waals surface area contributed by atoms with Crippen LogP contribution in [0.15, 0.2) is 0 Å². The number of nitrogens with one attached hydrogen (secondary N) is 1. The monoisotopic (exact) mass is 297 g/mol. The van der Waals surface area contributed by atoms with Crippen LogP contribution in [0.5, 0.6) is 0 Å². The Morgan fingerprint density at radius 1 is 1.21 bits per heavy atom. The summed E-state index contributed by atoms with van der Waals surface area (Å²) in [4.78, 5) is 0. The van der Waals surface area contributed by atoms with Crippen molar-refractivity contribution in [1.82, 2.24) is 4.72 Å². The Hall–Kier alpha value is -0.270. The molecule has 0 aromatic carbocycles. The zero-order valence-corrected chi connectivity index (χ0v) is 11.6. The summed E-state index contributed by atoms with van der Waals surface area (Å²) in [6, 6.07) is 0. The fourth-order valence-electron chi connectivity index (χ4n) is 3.02. The molecule has 0 heterocycles. The molecule has 0 spiro atoms. The van der Waals surface area contributed by atoms with E-state index in [9.17, 15) is 22.3 Å². The van der Waals surface area contributed by atoms with Gasteiger partial charge in [-0.1, -0.05) is 6.42 Å². The van der Waals surface area contributed by atoms with Crippen molar-refractivity contribution in [1.29, 1.82) is 0 Å². The maximum absolute atomic E-state index is 13.4. The van der Waals surface area contributed by atoms with Crippen LogP contribution in [0.2, 0.25) is 0 Å². The van der Waals surface area contributed by atoms with E-state index < -0.39 is 33.7 Å². The molecule has 0 aliphatic heterocycles. The van der Waals surface area contributed by atoms with E-state index in [1.165, 1.54) is 0 Å². The van der Waals surface area contributed by atoms with Crippen LogP contribution in [-0.4, -0.2) is 37.8 Å². The molecule has 112 valence electrons. The number of alkyl halides is 2. The molecular formula is C12H21F2NO3S. The Balaban J connectivity index is 1.85. The highest BCUT2D eigenvalue weighted by Crippen LogP contribution is 2.40. The second-order valence-corrected chi connectivity index (χ2v) is 7.59. The van der Waals surface area contributed by atoms with E-state index in [-0.39, 0.29) is 25.3 Å². The number of hydrogen-bond donors (Lipinski definition) is 2. The first-order chi connectivity index (χ1) is 8.80. The molecule has 7 heteroatoms. The lowest BCUT2D eigenvalue weighted by Crippen LogP contribution is -2.38. The van der Waals surface area contributed by atoms with E-state index >= 15 is 0 Å². The van der Waals surface area contributed by atoms with E-state index in [2.05, 4.69) is 4.72 Å². The Kier molecular flexibility index (Phi) is 4.47. The van der Waals surface area contributed by atoms with Gasteiger partial charge in [-0.15, -0.1) is 0 Å². The fourth-order valence-corrected chi connectivity index (χ4v) is 4.54. The molecule has 2 rings (SSSR count). The molecule has 0 aromatic rings. The number of aliphatic hydroxyl groups excluding tert-OH is 1. The van der Waals surface area contributed by atoms with Crippen molar-refractivity contribution in [2.75, 3.05) is 12.3 Å². The third-order valence-corrected chi connectivity index (χ3v) is 5.71. The Bertz CT molecular complexity index is 413. The van der Waals surface area contributed by atoms with Gasteiger partial charge in [-0.25, -0.2) is 21.9 Å². The second kappa shape index (κ2) is 5.61. The molecule has 0 bridgehead atoms. The lowest BCUT2D eigenvalue weighted by Gasteiger charge is -2.20. The first-order valence-corrected chi connectivity index (χ1v) is 8.48. The summed E-state index contributed by atoms with van der Waals surface area (Å²) < 4.78 is 52.8. The van der Waals surface area contributed by atoms with E-state index in [4.69, 9.17) is 0 Å². The minimum Gasteiger partial charge on any atom is -0.393 e. The largest absolute Gasteiger partial charge is 0.393 e. The summed E-state index contributed by atoms with van der Waals surface area (Å²) in [5.74, 6) is -4.53. The number of hydrogen-bond acceptors (Lipinski definition) is 3. The molecule has 2 saturated carbocycles. The lowest BCUT2D eigenvalue weighted by molar-refractivity contribution is -0.0288. The third-order valence-electron chi connectivity index (χ3n) is 4.26. The summed E-state index contributed by atoms with van der Waals surface area (Å²) in [7, 11) is -3.69. The molecule has 0 radical (unpaired) electrons. The third kappa shape index (κ3) is 3.86. The van der Waals surface area contributed by atoms with Crippen molar-refractivity contribution in [2.24, 2.45) is 11.8 Å². The molecule has 2 N–H and O–H groups in total. The zero-order valence-electron chi connectivity index (χ0n) is 10.8. The standard InChI is InChI=1S/C12H21F2NO3S/c13-12(14)6-2-4-10(12)8-19(17,18)15-7-9-3-1-5-11(9)16/h9-11,15-16H,1-8H2/t9-,10?,11+/m1/s1. The van der Waals surface area contributed by atoms with Crippen molar-refractivity contribution in [2.45, 2.75) is 50.6 Å². The summed E-state index contributed by atoms with van der Waals surface area (Å²) in [5.41, 5.74) is 0. The maximum atomic E-state index is 13.4. The molecule has 19 heavy (non-hydrogen) atoms. The smallest absolute Gasteiger partial charge is 0.251 e. The second-order valence-electron chi connectivity index (χ2n) is 5.74. The maximum Gasteiger partial charge on any atom is 0.251 e. The highest BCUT2D eigenvalue weighted by Gasteiger charge is 2.45. The number of aliphatic hydroxyl groups is 1. The average Bonchev–Trinajstić information content (AvgIpc) is 2.83. The molecule has 0 saturated heterocycles. The summed E-state index contributed by atoms with van der Waals surface area (Å²) in [5, 5.41) is 9.60. The van der Waals surface area contributed by atoms with Gasteiger partial charge >= 0.3 is 0 Å². The molecule has 0 amide bonds. The van der Waals surface area contributed by atoms with Crippen molar-refractivity contribution >= 4 is 10.0 Å². The van der Waals surface area contributed by atoms with Gasteiger partial charge in [-0.2, -0.15) is 0 Å². The predicted octanol–water partition coefficient (Wildman–Crippen LogP) is 1.50. The number of halogens is 2. The fraction of sp³-hybridized carbons (Fsp3) is 1.00. The predicted molar refractivity (Wildman–Crippen MR) is 67.4 cm³/mol. The first-order valence-electron chi connectivity index (χ1n) is 6.83. The minimum atomic E-state index is -3.69. The molecule has 1 unspecified atom stereocenters. The van der Waals surface area contributed by atoms with Crippen LogP contribution < -0.4 is 4.72 Å². The Labute approximate surface area is 112 Å². The van der Waals surface area contributed by atoms with Gasteiger partial charge in [-0.3, -0.25) is 0 Å². The van der Waals surface area contributed by atoms with Crippen molar-refractivity contribution in [3.05, 3.63) is 0 Å². The highest BCUT2D eigenvalue weighted by atomic mass is 32.2. The van der Waals surface area contributed by atoms with Gasteiger partial charge < -0.3 is 5.11 Å². The lowest BCUT2D eigenvalue weighted by atomic mass is 10.1. The Morgan fingerprint density at radius 2 is 1.95 bits per heavy atom. The SMILES string of the molecule is O=S(=O)(CC1CCCC1(F)F)NC[C@H]1CCC[C@@H]1O. The molecule has 4 nitrogen and oxygen atoms in total. The summed E-state index contributed by atoms with van der Waals surface area (Å²) >= 11 is 0. The molecule has 3 atom stereocenters.